The van der Waals surface area contributed by atoms with Gasteiger partial charge in [-0.3, -0.25) is 4.79 Å². The van der Waals surface area contributed by atoms with Crippen LogP contribution in [0.4, 0.5) is 24.5 Å². The largest absolute Gasteiger partial charge is 0.385 e. The van der Waals surface area contributed by atoms with Gasteiger partial charge in [-0.25, -0.2) is 13.2 Å². The predicted octanol–water partition coefficient (Wildman–Crippen LogP) is 2.88. The van der Waals surface area contributed by atoms with Gasteiger partial charge in [0.1, 0.15) is 11.4 Å². The molecule has 0 aromatic heterocycles. The van der Waals surface area contributed by atoms with Crippen LogP contribution in [-0.4, -0.2) is 61.4 Å². The number of ether oxygens (including phenoxy) is 1. The topological polar surface area (TPSA) is 73.8 Å². The fourth-order valence-corrected chi connectivity index (χ4v) is 3.62. The Morgan fingerprint density at radius 3 is 2.63 bits per heavy atom. The van der Waals surface area contributed by atoms with Crippen LogP contribution in [0.5, 0.6) is 0 Å². The molecule has 3 N–H and O–H groups in total. The first-order valence-electron chi connectivity index (χ1n) is 9.15. The second-order valence-corrected chi connectivity index (χ2v) is 8.33. The molecule has 0 radical (unpaired) electrons. The van der Waals surface area contributed by atoms with Crippen LogP contribution in [0.25, 0.3) is 0 Å². The summed E-state index contributed by atoms with van der Waals surface area (Å²) in [7, 11) is 1.57. The third-order valence-electron chi connectivity index (χ3n) is 4.71. The first kappa shape index (κ1) is 22.8. The quantitative estimate of drug-likeness (QED) is 0.359. The van der Waals surface area contributed by atoms with Gasteiger partial charge >= 0.3 is 0 Å². The zero-order chi connectivity index (χ0) is 21.9. The first-order chi connectivity index (χ1) is 14.2. The van der Waals surface area contributed by atoms with E-state index in [2.05, 4.69) is 10.6 Å². The zero-order valence-corrected chi connectivity index (χ0v) is 18.3. The molecule has 0 atom stereocenters. The highest BCUT2D eigenvalue weighted by Gasteiger charge is 2.44. The van der Waals surface area contributed by atoms with Gasteiger partial charge < -0.3 is 25.4 Å². The molecule has 30 heavy (non-hydrogen) atoms. The Morgan fingerprint density at radius 1 is 1.23 bits per heavy atom. The van der Waals surface area contributed by atoms with E-state index >= 15 is 0 Å². The minimum atomic E-state index is -1.28. The molecule has 162 valence electrons. The van der Waals surface area contributed by atoms with Crippen LogP contribution in [0.1, 0.15) is 10.4 Å². The van der Waals surface area contributed by atoms with E-state index in [1.807, 2.05) is 22.6 Å². The summed E-state index contributed by atoms with van der Waals surface area (Å²) in [4.78, 5) is 14.2. The number of aliphatic hydroxyl groups is 1. The molecule has 1 heterocycles. The third kappa shape index (κ3) is 5.05. The van der Waals surface area contributed by atoms with Crippen LogP contribution < -0.4 is 10.6 Å². The van der Waals surface area contributed by atoms with Gasteiger partial charge in [-0.1, -0.05) is 0 Å². The molecule has 0 aliphatic carbocycles. The number of carbonyl (C=O) groups excluding carboxylic acids is 1. The van der Waals surface area contributed by atoms with E-state index in [4.69, 9.17) is 4.74 Å². The van der Waals surface area contributed by atoms with Crippen molar-refractivity contribution in [1.29, 1.82) is 0 Å². The van der Waals surface area contributed by atoms with Crippen molar-refractivity contribution < 1.29 is 27.8 Å². The average molecular weight is 535 g/mol. The molecule has 10 heteroatoms. The van der Waals surface area contributed by atoms with Crippen molar-refractivity contribution in [2.45, 2.75) is 5.60 Å². The highest BCUT2D eigenvalue weighted by molar-refractivity contribution is 14.1. The minimum absolute atomic E-state index is 0.0299. The van der Waals surface area contributed by atoms with E-state index in [-0.39, 0.29) is 30.9 Å². The molecule has 3 rings (SSSR count). The maximum atomic E-state index is 14.5. The Labute approximate surface area is 185 Å². The number of β-amino-alcohol motifs (C(OH)–C–C–N with tert-alkyl or cyclic N) is 1. The van der Waals surface area contributed by atoms with Crippen LogP contribution in [0.2, 0.25) is 0 Å². The summed E-state index contributed by atoms with van der Waals surface area (Å²) in [5, 5.41) is 16.0. The number of anilines is 2. The molecule has 1 saturated heterocycles. The number of methoxy groups -OCH3 is 1. The lowest BCUT2D eigenvalue weighted by atomic mass is 9.92. The van der Waals surface area contributed by atoms with Crippen molar-refractivity contribution in [1.82, 2.24) is 10.2 Å². The number of rotatable bonds is 8. The summed E-state index contributed by atoms with van der Waals surface area (Å²) in [5.74, 6) is -3.70. The Morgan fingerprint density at radius 2 is 1.97 bits per heavy atom. The zero-order valence-electron chi connectivity index (χ0n) is 16.1. The summed E-state index contributed by atoms with van der Waals surface area (Å²) >= 11 is 1.92. The van der Waals surface area contributed by atoms with Crippen LogP contribution in [0, 0.1) is 21.0 Å². The third-order valence-corrected chi connectivity index (χ3v) is 5.38. The first-order valence-corrected chi connectivity index (χ1v) is 10.2. The normalized spacial score (nSPS) is 15.1. The Kier molecular flexibility index (Phi) is 7.22. The highest BCUT2D eigenvalue weighted by atomic mass is 127. The van der Waals surface area contributed by atoms with Crippen molar-refractivity contribution in [2.24, 2.45) is 0 Å². The van der Waals surface area contributed by atoms with Gasteiger partial charge in [0.05, 0.1) is 36.6 Å². The van der Waals surface area contributed by atoms with E-state index in [0.29, 0.717) is 16.7 Å². The van der Waals surface area contributed by atoms with Crippen LogP contribution >= 0.6 is 22.6 Å². The maximum Gasteiger partial charge on any atom is 0.256 e. The number of nitrogens with zero attached hydrogens (tertiary/aromatic N) is 1. The van der Waals surface area contributed by atoms with Gasteiger partial charge in [0.25, 0.3) is 5.91 Å². The van der Waals surface area contributed by atoms with Gasteiger partial charge in [-0.2, -0.15) is 0 Å². The molecule has 1 aliphatic heterocycles. The molecule has 1 amide bonds. The molecule has 0 saturated carbocycles. The molecule has 0 bridgehead atoms. The molecule has 2 aromatic rings. The van der Waals surface area contributed by atoms with E-state index in [1.54, 1.807) is 13.2 Å². The van der Waals surface area contributed by atoms with Gasteiger partial charge in [0, 0.05) is 23.8 Å². The number of likely N-dealkylation sites (tertiary alicyclic amines) is 1. The molecule has 1 fully saturated rings. The molecule has 2 aromatic carbocycles. The smallest absolute Gasteiger partial charge is 0.256 e. The maximum absolute atomic E-state index is 14.5. The lowest BCUT2D eigenvalue weighted by Crippen LogP contribution is -2.67. The number of hydrogen-bond acceptors (Lipinski definition) is 5. The monoisotopic (exact) mass is 535 g/mol. The summed E-state index contributed by atoms with van der Waals surface area (Å²) in [6, 6.07) is 6.19. The molecule has 6 nitrogen and oxygen atoms in total. The molecular weight excluding hydrogens is 514 g/mol. The summed E-state index contributed by atoms with van der Waals surface area (Å²) < 4.78 is 48.0. The Hall–Kier alpha value is -1.89. The minimum Gasteiger partial charge on any atom is -0.385 e. The van der Waals surface area contributed by atoms with Crippen molar-refractivity contribution in [2.75, 3.05) is 45.2 Å². The molecular formula is C20H21F3IN3O3. The van der Waals surface area contributed by atoms with Gasteiger partial charge in [-0.15, -0.1) is 0 Å². The summed E-state index contributed by atoms with van der Waals surface area (Å²) in [6.45, 7) is 1.35. The van der Waals surface area contributed by atoms with Gasteiger partial charge in [0.2, 0.25) is 0 Å². The van der Waals surface area contributed by atoms with E-state index < -0.39 is 34.6 Å². The number of amides is 1. The van der Waals surface area contributed by atoms with Crippen molar-refractivity contribution in [3.05, 3.63) is 56.9 Å². The van der Waals surface area contributed by atoms with E-state index in [0.717, 1.165) is 12.1 Å². The van der Waals surface area contributed by atoms with Crippen LogP contribution in [-0.2, 0) is 4.74 Å². The second-order valence-electron chi connectivity index (χ2n) is 7.09. The van der Waals surface area contributed by atoms with E-state index in [1.165, 1.54) is 17.0 Å². The SMILES string of the molecule is COCCNCC1(O)CN(C(=O)c2ccc(F)c(F)c2Nc2ccc(I)cc2F)C1. The predicted molar refractivity (Wildman–Crippen MR) is 114 cm³/mol. The number of nitrogens with one attached hydrogen (secondary N) is 2. The van der Waals surface area contributed by atoms with Crippen LogP contribution in [0.3, 0.4) is 0 Å². The summed E-state index contributed by atoms with van der Waals surface area (Å²) in [6.07, 6.45) is 0. The van der Waals surface area contributed by atoms with E-state index in [9.17, 15) is 23.1 Å². The van der Waals surface area contributed by atoms with Crippen molar-refractivity contribution in [3.8, 4) is 0 Å². The lowest BCUT2D eigenvalue weighted by molar-refractivity contribution is -0.0788. The second kappa shape index (κ2) is 9.50. The Balaban J connectivity index is 1.76. The van der Waals surface area contributed by atoms with Gasteiger partial charge in [-0.05, 0) is 52.9 Å². The lowest BCUT2D eigenvalue weighted by Gasteiger charge is -2.46. The van der Waals surface area contributed by atoms with Crippen molar-refractivity contribution >= 4 is 39.9 Å². The standard InChI is InChI=1S/C20H21F3IN3O3/c1-30-7-6-25-9-20(29)10-27(11-20)19(28)13-3-4-14(21)17(23)18(13)26-16-5-2-12(24)8-15(16)22/h2-5,8,25-26,29H,6-7,9-11H2,1H3. The fraction of sp³-hybridized carbons (Fsp3) is 0.350. The summed E-state index contributed by atoms with van der Waals surface area (Å²) in [5.41, 5.74) is -1.80. The Bertz CT molecular complexity index is 939. The van der Waals surface area contributed by atoms with Crippen LogP contribution in [0.15, 0.2) is 30.3 Å². The van der Waals surface area contributed by atoms with Gasteiger partial charge in [0.15, 0.2) is 11.6 Å². The molecule has 0 spiro atoms. The number of hydrogen-bond donors (Lipinski definition) is 3. The van der Waals surface area contributed by atoms with Crippen molar-refractivity contribution in [3.63, 3.8) is 0 Å². The highest BCUT2D eigenvalue weighted by Crippen LogP contribution is 2.31. The number of carbonyl (C=O) groups is 1. The number of benzene rings is 2. The average Bonchev–Trinajstić information content (AvgIpc) is 2.68. The number of halogens is 4. The molecule has 1 aliphatic rings. The fourth-order valence-electron chi connectivity index (χ4n) is 3.16. The molecule has 0 unspecified atom stereocenters.